The molecule has 2 rings (SSSR count). The van der Waals surface area contributed by atoms with E-state index in [4.69, 9.17) is 10.00 Å². The van der Waals surface area contributed by atoms with Crippen molar-refractivity contribution in [3.8, 4) is 6.07 Å². The molecule has 2 heterocycles. The molecule has 90 valence electrons. The highest BCUT2D eigenvalue weighted by Gasteiger charge is 2.13. The highest BCUT2D eigenvalue weighted by Crippen LogP contribution is 2.15. The van der Waals surface area contributed by atoms with Gasteiger partial charge in [-0.2, -0.15) is 5.26 Å². The lowest BCUT2D eigenvalue weighted by Gasteiger charge is -2.22. The summed E-state index contributed by atoms with van der Waals surface area (Å²) in [6.45, 7) is 4.38. The van der Waals surface area contributed by atoms with Crippen molar-refractivity contribution in [1.29, 1.82) is 5.26 Å². The molecule has 0 aliphatic carbocycles. The summed E-state index contributed by atoms with van der Waals surface area (Å²) >= 11 is 0. The highest BCUT2D eigenvalue weighted by molar-refractivity contribution is 5.32. The Morgan fingerprint density at radius 3 is 2.94 bits per heavy atom. The monoisotopic (exact) mass is 232 g/mol. The average Bonchev–Trinajstić information content (AvgIpc) is 2.37. The fourth-order valence-corrected chi connectivity index (χ4v) is 1.89. The van der Waals surface area contributed by atoms with Gasteiger partial charge in [-0.1, -0.05) is 0 Å². The average molecular weight is 232 g/mol. The van der Waals surface area contributed by atoms with Crippen LogP contribution in [0, 0.1) is 24.2 Å². The number of hydrogen-bond acceptors (Lipinski definition) is 5. The first-order valence-corrected chi connectivity index (χ1v) is 5.85. The summed E-state index contributed by atoms with van der Waals surface area (Å²) in [5.74, 6) is 1.16. The molecule has 0 amide bonds. The normalized spacial score (nSPS) is 16.5. The van der Waals surface area contributed by atoms with Crippen molar-refractivity contribution in [2.75, 3.05) is 25.1 Å². The van der Waals surface area contributed by atoms with Crippen LogP contribution in [0.5, 0.6) is 0 Å². The lowest BCUT2D eigenvalue weighted by Crippen LogP contribution is -2.23. The minimum Gasteiger partial charge on any atom is -0.381 e. The van der Waals surface area contributed by atoms with Crippen LogP contribution in [0.3, 0.4) is 0 Å². The lowest BCUT2D eigenvalue weighted by atomic mass is 10.0. The summed E-state index contributed by atoms with van der Waals surface area (Å²) in [6.07, 6.45) is 2.15. The molecule has 5 nitrogen and oxygen atoms in total. The van der Waals surface area contributed by atoms with Gasteiger partial charge in [-0.25, -0.2) is 9.97 Å². The van der Waals surface area contributed by atoms with Gasteiger partial charge in [0.1, 0.15) is 11.8 Å². The first-order chi connectivity index (χ1) is 8.28. The summed E-state index contributed by atoms with van der Waals surface area (Å²) in [5, 5.41) is 12.0. The van der Waals surface area contributed by atoms with E-state index in [1.165, 1.54) is 0 Å². The predicted molar refractivity (Wildman–Crippen MR) is 63.5 cm³/mol. The van der Waals surface area contributed by atoms with Crippen LogP contribution in [0.2, 0.25) is 0 Å². The first kappa shape index (κ1) is 11.8. The smallest absolute Gasteiger partial charge is 0.224 e. The summed E-state index contributed by atoms with van der Waals surface area (Å²) in [4.78, 5) is 8.38. The Kier molecular flexibility index (Phi) is 3.89. The van der Waals surface area contributed by atoms with Gasteiger partial charge in [0.05, 0.1) is 0 Å². The molecule has 0 atom stereocenters. The molecule has 1 aromatic heterocycles. The highest BCUT2D eigenvalue weighted by atomic mass is 16.5. The van der Waals surface area contributed by atoms with Crippen LogP contribution < -0.4 is 5.32 Å². The van der Waals surface area contributed by atoms with Crippen LogP contribution in [0.1, 0.15) is 24.2 Å². The number of aryl methyl sites for hydroxylation is 1. The maximum absolute atomic E-state index is 8.82. The molecule has 0 unspecified atom stereocenters. The van der Waals surface area contributed by atoms with Crippen molar-refractivity contribution in [2.45, 2.75) is 19.8 Å². The zero-order valence-corrected chi connectivity index (χ0v) is 9.94. The fourth-order valence-electron chi connectivity index (χ4n) is 1.89. The Bertz CT molecular complexity index is 421. The van der Waals surface area contributed by atoms with Crippen LogP contribution in [-0.4, -0.2) is 29.7 Å². The molecule has 1 saturated heterocycles. The van der Waals surface area contributed by atoms with Gasteiger partial charge in [-0.15, -0.1) is 0 Å². The van der Waals surface area contributed by atoms with Crippen molar-refractivity contribution >= 4 is 5.95 Å². The van der Waals surface area contributed by atoms with Crippen molar-refractivity contribution in [3.63, 3.8) is 0 Å². The molecule has 1 aromatic rings. The van der Waals surface area contributed by atoms with Crippen LogP contribution in [0.4, 0.5) is 5.95 Å². The quantitative estimate of drug-likeness (QED) is 0.855. The minimum absolute atomic E-state index is 0.409. The second-order valence-electron chi connectivity index (χ2n) is 4.27. The zero-order chi connectivity index (χ0) is 12.1. The molecular formula is C12H16N4O. The fraction of sp³-hybridized carbons (Fsp3) is 0.583. The van der Waals surface area contributed by atoms with E-state index >= 15 is 0 Å². The molecule has 1 N–H and O–H groups in total. The maximum Gasteiger partial charge on any atom is 0.224 e. The molecular weight excluding hydrogens is 216 g/mol. The van der Waals surface area contributed by atoms with E-state index in [1.54, 1.807) is 6.07 Å². The second kappa shape index (κ2) is 5.60. The third-order valence-corrected chi connectivity index (χ3v) is 2.86. The van der Waals surface area contributed by atoms with Gasteiger partial charge < -0.3 is 10.1 Å². The van der Waals surface area contributed by atoms with E-state index in [9.17, 15) is 0 Å². The molecule has 0 aromatic carbocycles. The Morgan fingerprint density at radius 1 is 1.47 bits per heavy atom. The number of ether oxygens (including phenoxy) is 1. The minimum atomic E-state index is 0.409. The van der Waals surface area contributed by atoms with Crippen molar-refractivity contribution < 1.29 is 4.74 Å². The van der Waals surface area contributed by atoms with E-state index in [0.29, 0.717) is 17.6 Å². The Balaban J connectivity index is 1.94. The molecule has 0 saturated carbocycles. The number of nitrogens with zero attached hydrogens (tertiary/aromatic N) is 3. The molecule has 1 fully saturated rings. The van der Waals surface area contributed by atoms with Gasteiger partial charge >= 0.3 is 0 Å². The van der Waals surface area contributed by atoms with Crippen LogP contribution in [0.15, 0.2) is 6.07 Å². The number of anilines is 1. The number of nitriles is 1. The summed E-state index contributed by atoms with van der Waals surface area (Å²) in [5.41, 5.74) is 1.22. The largest absolute Gasteiger partial charge is 0.381 e. The third-order valence-electron chi connectivity index (χ3n) is 2.86. The van der Waals surface area contributed by atoms with Gasteiger partial charge in [0.25, 0.3) is 0 Å². The Labute approximate surface area is 101 Å². The molecule has 5 heteroatoms. The molecule has 17 heavy (non-hydrogen) atoms. The zero-order valence-electron chi connectivity index (χ0n) is 9.94. The number of nitrogens with one attached hydrogen (secondary N) is 1. The van der Waals surface area contributed by atoms with E-state index in [-0.39, 0.29) is 0 Å². The van der Waals surface area contributed by atoms with E-state index in [1.807, 2.05) is 13.0 Å². The van der Waals surface area contributed by atoms with Gasteiger partial charge in [0, 0.05) is 25.5 Å². The Morgan fingerprint density at radius 2 is 2.24 bits per heavy atom. The third kappa shape index (κ3) is 3.40. The van der Waals surface area contributed by atoms with Gasteiger partial charge in [0.15, 0.2) is 0 Å². The molecule has 0 bridgehead atoms. The molecule has 1 aliphatic heterocycles. The number of aromatic nitrogens is 2. The second-order valence-corrected chi connectivity index (χ2v) is 4.27. The van der Waals surface area contributed by atoms with Crippen LogP contribution in [-0.2, 0) is 4.74 Å². The van der Waals surface area contributed by atoms with E-state index in [0.717, 1.165) is 38.3 Å². The summed E-state index contributed by atoms with van der Waals surface area (Å²) < 4.78 is 5.31. The van der Waals surface area contributed by atoms with Crippen molar-refractivity contribution in [2.24, 2.45) is 5.92 Å². The maximum atomic E-state index is 8.82. The molecule has 0 spiro atoms. The standard InChI is InChI=1S/C12H16N4O/c1-9-6-11(7-13)16-12(15-9)14-8-10-2-4-17-5-3-10/h6,10H,2-5,8H2,1H3,(H,14,15,16). The Hall–Kier alpha value is -1.67. The summed E-state index contributed by atoms with van der Waals surface area (Å²) in [6, 6.07) is 3.72. The van der Waals surface area contributed by atoms with Gasteiger partial charge in [-0.05, 0) is 31.7 Å². The molecule has 1 aliphatic rings. The lowest BCUT2D eigenvalue weighted by molar-refractivity contribution is 0.0699. The number of hydrogen-bond donors (Lipinski definition) is 1. The molecule has 0 radical (unpaired) electrons. The summed E-state index contributed by atoms with van der Waals surface area (Å²) in [7, 11) is 0. The first-order valence-electron chi connectivity index (χ1n) is 5.85. The van der Waals surface area contributed by atoms with Crippen LogP contribution >= 0.6 is 0 Å². The van der Waals surface area contributed by atoms with E-state index in [2.05, 4.69) is 15.3 Å². The topological polar surface area (TPSA) is 70.8 Å². The van der Waals surface area contributed by atoms with Crippen molar-refractivity contribution in [1.82, 2.24) is 9.97 Å². The SMILES string of the molecule is Cc1cc(C#N)nc(NCC2CCOCC2)n1. The number of rotatable bonds is 3. The van der Waals surface area contributed by atoms with Gasteiger partial charge in [0.2, 0.25) is 5.95 Å². The van der Waals surface area contributed by atoms with Crippen molar-refractivity contribution in [3.05, 3.63) is 17.5 Å². The van der Waals surface area contributed by atoms with Gasteiger partial charge in [-0.3, -0.25) is 0 Å². The predicted octanol–water partition coefficient (Wildman–Crippen LogP) is 1.50. The van der Waals surface area contributed by atoms with E-state index < -0.39 is 0 Å². The van der Waals surface area contributed by atoms with Crippen LogP contribution in [0.25, 0.3) is 0 Å².